The Kier molecular flexibility index (Phi) is 10.9. The highest BCUT2D eigenvalue weighted by Gasteiger charge is 2.20. The van der Waals surface area contributed by atoms with Crippen molar-refractivity contribution in [1.82, 2.24) is 14.8 Å². The third kappa shape index (κ3) is 7.45. The third-order valence-corrected chi connectivity index (χ3v) is 6.64. The van der Waals surface area contributed by atoms with Gasteiger partial charge < -0.3 is 19.9 Å². The summed E-state index contributed by atoms with van der Waals surface area (Å²) >= 11 is 6.36. The molecule has 192 valence electrons. The van der Waals surface area contributed by atoms with Gasteiger partial charge in [0.25, 0.3) is 0 Å². The lowest BCUT2D eigenvalue weighted by molar-refractivity contribution is 0.214. The molecule has 0 aliphatic heterocycles. The number of aromatic nitrogens is 1. The van der Waals surface area contributed by atoms with E-state index in [1.54, 1.807) is 7.11 Å². The van der Waals surface area contributed by atoms with E-state index >= 15 is 0 Å². The molecule has 0 saturated heterocycles. The van der Waals surface area contributed by atoms with Crippen LogP contribution >= 0.6 is 11.6 Å². The first-order valence-corrected chi connectivity index (χ1v) is 13.7. The number of nitrogens with one attached hydrogen (secondary N) is 1. The van der Waals surface area contributed by atoms with Crippen molar-refractivity contribution in [3.8, 4) is 5.75 Å². The Hall–Kier alpha value is -2.08. The average Bonchev–Trinajstić information content (AvgIpc) is 2.84. The van der Waals surface area contributed by atoms with Crippen LogP contribution < -0.4 is 10.1 Å². The summed E-state index contributed by atoms with van der Waals surface area (Å²) in [5, 5.41) is 6.89. The van der Waals surface area contributed by atoms with Gasteiger partial charge >= 0.3 is 0 Å². The molecule has 35 heavy (non-hydrogen) atoms. The number of hydrogen-bond donors (Lipinski definition) is 1. The van der Waals surface area contributed by atoms with Gasteiger partial charge in [0.1, 0.15) is 5.75 Å². The monoisotopic (exact) mass is 498 g/mol. The van der Waals surface area contributed by atoms with Gasteiger partial charge in [0.2, 0.25) is 0 Å². The van der Waals surface area contributed by atoms with Crippen molar-refractivity contribution in [3.63, 3.8) is 0 Å². The Morgan fingerprint density at radius 1 is 0.800 bits per heavy atom. The van der Waals surface area contributed by atoms with Gasteiger partial charge in [-0.25, -0.2) is 4.98 Å². The van der Waals surface area contributed by atoms with Gasteiger partial charge in [-0.1, -0.05) is 39.3 Å². The van der Waals surface area contributed by atoms with Gasteiger partial charge in [0.15, 0.2) is 0 Å². The quantitative estimate of drug-likeness (QED) is 0.227. The number of benzene rings is 2. The molecule has 2 aromatic carbocycles. The Bertz CT molecular complexity index is 1040. The van der Waals surface area contributed by atoms with Gasteiger partial charge in [0.05, 0.1) is 29.9 Å². The van der Waals surface area contributed by atoms with E-state index in [0.717, 1.165) is 98.2 Å². The predicted octanol–water partition coefficient (Wildman–Crippen LogP) is 7.07. The number of ether oxygens (including phenoxy) is 1. The third-order valence-electron chi connectivity index (χ3n) is 6.41. The number of pyridine rings is 1. The van der Waals surface area contributed by atoms with Gasteiger partial charge in [-0.3, -0.25) is 0 Å². The highest BCUT2D eigenvalue weighted by molar-refractivity contribution is 6.31. The van der Waals surface area contributed by atoms with Crippen molar-refractivity contribution >= 4 is 39.1 Å². The molecule has 6 heteroatoms. The lowest BCUT2D eigenvalue weighted by Crippen LogP contribution is -2.45. The smallest absolute Gasteiger partial charge is 0.119 e. The molecular formula is C29H43ClN4O. The summed E-state index contributed by atoms with van der Waals surface area (Å²) in [6.45, 7) is 15.6. The van der Waals surface area contributed by atoms with E-state index in [1.807, 2.05) is 24.3 Å². The molecule has 1 aromatic heterocycles. The number of anilines is 1. The maximum absolute atomic E-state index is 6.36. The Morgan fingerprint density at radius 3 is 1.94 bits per heavy atom. The van der Waals surface area contributed by atoms with Gasteiger partial charge in [-0.15, -0.1) is 0 Å². The number of fused-ring (bicyclic) bond motifs is 2. The molecule has 1 heterocycles. The summed E-state index contributed by atoms with van der Waals surface area (Å²) < 4.78 is 5.58. The predicted molar refractivity (Wildman–Crippen MR) is 152 cm³/mol. The SMILES string of the molecule is CCCN(CCC)CC(CN(CCC)CCC)Nc1c2ccc(Cl)cc2nc2ccc(OC)cc12. The fraction of sp³-hybridized carbons (Fsp3) is 0.552. The van der Waals surface area contributed by atoms with E-state index in [0.29, 0.717) is 5.02 Å². The second-order valence-corrected chi connectivity index (χ2v) is 9.91. The summed E-state index contributed by atoms with van der Waals surface area (Å²) in [7, 11) is 1.71. The summed E-state index contributed by atoms with van der Waals surface area (Å²) in [6, 6.07) is 12.4. The van der Waals surface area contributed by atoms with Crippen molar-refractivity contribution in [1.29, 1.82) is 0 Å². The second kappa shape index (κ2) is 13.9. The standard InChI is InChI=1S/C29H43ClN4O/c1-6-14-33(15-7-2)20-23(21-34(16-8-3)17-9-4)31-29-25-12-10-22(30)18-28(25)32-27-13-11-24(35-5)19-26(27)29/h10-13,18-19,23H,6-9,14-17,20-21H2,1-5H3,(H,31,32). The highest BCUT2D eigenvalue weighted by atomic mass is 35.5. The van der Waals surface area contributed by atoms with Crippen LogP contribution in [0.1, 0.15) is 53.4 Å². The molecule has 3 aromatic rings. The second-order valence-electron chi connectivity index (χ2n) is 9.47. The Morgan fingerprint density at radius 2 is 1.40 bits per heavy atom. The molecule has 0 unspecified atom stereocenters. The molecule has 0 radical (unpaired) electrons. The minimum absolute atomic E-state index is 0.280. The van der Waals surface area contributed by atoms with Crippen LogP contribution in [0.5, 0.6) is 5.75 Å². The highest BCUT2D eigenvalue weighted by Crippen LogP contribution is 2.34. The number of methoxy groups -OCH3 is 1. The van der Waals surface area contributed by atoms with Crippen LogP contribution in [-0.2, 0) is 0 Å². The maximum atomic E-state index is 6.36. The largest absolute Gasteiger partial charge is 0.497 e. The molecule has 0 saturated carbocycles. The molecule has 0 aliphatic carbocycles. The van der Waals surface area contributed by atoms with Gasteiger partial charge in [0, 0.05) is 28.9 Å². The van der Waals surface area contributed by atoms with Crippen molar-refractivity contribution in [2.75, 3.05) is 51.7 Å². The van der Waals surface area contributed by atoms with Crippen LogP contribution in [0, 0.1) is 0 Å². The molecule has 0 aliphatic rings. The average molecular weight is 499 g/mol. The summed E-state index contributed by atoms with van der Waals surface area (Å²) in [4.78, 5) is 10.1. The summed E-state index contributed by atoms with van der Waals surface area (Å²) in [5.74, 6) is 0.837. The molecule has 3 rings (SSSR count). The van der Waals surface area contributed by atoms with E-state index in [9.17, 15) is 0 Å². The molecule has 1 N–H and O–H groups in total. The van der Waals surface area contributed by atoms with Gasteiger partial charge in [-0.2, -0.15) is 0 Å². The minimum Gasteiger partial charge on any atom is -0.497 e. The van der Waals surface area contributed by atoms with Crippen LogP contribution in [0.3, 0.4) is 0 Å². The molecule has 0 atom stereocenters. The fourth-order valence-electron chi connectivity index (χ4n) is 5.01. The minimum atomic E-state index is 0.280. The van der Waals surface area contributed by atoms with Crippen LogP contribution in [0.25, 0.3) is 21.8 Å². The fourth-order valence-corrected chi connectivity index (χ4v) is 5.18. The van der Waals surface area contributed by atoms with Crippen molar-refractivity contribution < 1.29 is 4.74 Å². The van der Waals surface area contributed by atoms with Crippen LogP contribution in [0.15, 0.2) is 36.4 Å². The topological polar surface area (TPSA) is 40.6 Å². The van der Waals surface area contributed by atoms with Crippen LogP contribution in [0.2, 0.25) is 5.02 Å². The van der Waals surface area contributed by atoms with Gasteiger partial charge in [-0.05, 0) is 88.3 Å². The molecule has 0 amide bonds. The van der Waals surface area contributed by atoms with E-state index in [4.69, 9.17) is 21.3 Å². The van der Waals surface area contributed by atoms with E-state index < -0.39 is 0 Å². The Labute approximate surface area is 216 Å². The zero-order valence-corrected chi connectivity index (χ0v) is 23.0. The number of nitrogens with zero attached hydrogens (tertiary/aromatic N) is 3. The molecule has 0 spiro atoms. The summed E-state index contributed by atoms with van der Waals surface area (Å²) in [6.07, 6.45) is 4.66. The van der Waals surface area contributed by atoms with E-state index in [2.05, 4.69) is 54.9 Å². The lowest BCUT2D eigenvalue weighted by Gasteiger charge is -2.33. The van der Waals surface area contributed by atoms with E-state index in [1.165, 1.54) is 0 Å². The zero-order chi connectivity index (χ0) is 25.2. The molecule has 5 nitrogen and oxygen atoms in total. The maximum Gasteiger partial charge on any atom is 0.119 e. The van der Waals surface area contributed by atoms with Crippen molar-refractivity contribution in [3.05, 3.63) is 41.4 Å². The number of hydrogen-bond acceptors (Lipinski definition) is 5. The lowest BCUT2D eigenvalue weighted by atomic mass is 10.1. The first-order valence-electron chi connectivity index (χ1n) is 13.3. The number of rotatable bonds is 15. The number of halogens is 1. The zero-order valence-electron chi connectivity index (χ0n) is 22.2. The van der Waals surface area contributed by atoms with E-state index in [-0.39, 0.29) is 6.04 Å². The van der Waals surface area contributed by atoms with Crippen molar-refractivity contribution in [2.24, 2.45) is 0 Å². The summed E-state index contributed by atoms with van der Waals surface area (Å²) in [5.41, 5.74) is 2.97. The normalized spacial score (nSPS) is 11.9. The van der Waals surface area contributed by atoms with Crippen LogP contribution in [-0.4, -0.2) is 67.2 Å². The Balaban J connectivity index is 2.08. The van der Waals surface area contributed by atoms with Crippen LogP contribution in [0.4, 0.5) is 5.69 Å². The molecule has 0 bridgehead atoms. The molecule has 0 fully saturated rings. The van der Waals surface area contributed by atoms with Crippen molar-refractivity contribution in [2.45, 2.75) is 59.4 Å². The first-order chi connectivity index (χ1) is 17.0. The first kappa shape index (κ1) is 27.5. The molecular weight excluding hydrogens is 456 g/mol.